The molecule has 18 nitrogen and oxygen atoms in total. The number of aliphatic hydroxyl groups is 2. The van der Waals surface area contributed by atoms with E-state index in [1.165, 1.54) is 26.0 Å². The molecule has 0 unspecified atom stereocenters. The first-order valence-corrected chi connectivity index (χ1v) is 24.2. The predicted molar refractivity (Wildman–Crippen MR) is 264 cm³/mol. The van der Waals surface area contributed by atoms with Gasteiger partial charge in [-0.25, -0.2) is 32.2 Å². The molecule has 4 amide bonds. The molecule has 8 aromatic rings. The SMILES string of the molecule is CC(=O)c1ccc2c(c1)C[C@@H](O)[C@@H]2NC(=O)c1cc(C(=O)NCc2ccc(F)c(C(F)(F)F)c2)nc2c(F)cnn12.CC(=O)c1ccc2c(c1)C[C@@H](O)[C@@H]2NC(=O)c1cc(C(=O)NCc2cccc(C(F)(F)F)c2)nc2c(F)cnn12. The summed E-state index contributed by atoms with van der Waals surface area (Å²) in [5.74, 6) is -7.11. The molecule has 2 aliphatic rings. The summed E-state index contributed by atoms with van der Waals surface area (Å²) in [7, 11) is 0. The van der Waals surface area contributed by atoms with Gasteiger partial charge in [0.05, 0.1) is 47.8 Å². The van der Waals surface area contributed by atoms with E-state index < -0.39 is 112 Å². The van der Waals surface area contributed by atoms with E-state index in [9.17, 15) is 78.5 Å². The Bertz CT molecular complexity index is 3880. The van der Waals surface area contributed by atoms with Gasteiger partial charge in [0.15, 0.2) is 34.5 Å². The topological polar surface area (TPSA) is 251 Å². The minimum Gasteiger partial charge on any atom is -0.390 e. The van der Waals surface area contributed by atoms with Crippen LogP contribution in [0.3, 0.4) is 0 Å². The minimum absolute atomic E-state index is 0.0662. The molecule has 418 valence electrons. The average Bonchev–Trinajstić information content (AvgIpc) is 4.41. The van der Waals surface area contributed by atoms with E-state index >= 15 is 0 Å². The van der Waals surface area contributed by atoms with E-state index in [2.05, 4.69) is 41.4 Å². The van der Waals surface area contributed by atoms with Crippen molar-refractivity contribution in [3.8, 4) is 0 Å². The van der Waals surface area contributed by atoms with E-state index in [1.54, 1.807) is 36.4 Å². The Morgan fingerprint density at radius 2 is 1.01 bits per heavy atom. The van der Waals surface area contributed by atoms with Crippen LogP contribution in [0.5, 0.6) is 0 Å². The van der Waals surface area contributed by atoms with Crippen molar-refractivity contribution in [3.63, 3.8) is 0 Å². The quantitative estimate of drug-likeness (QED) is 0.0537. The second kappa shape index (κ2) is 22.0. The molecule has 0 saturated heterocycles. The van der Waals surface area contributed by atoms with Gasteiger partial charge in [-0.05, 0) is 83.6 Å². The highest BCUT2D eigenvalue weighted by Crippen LogP contribution is 2.36. The maximum Gasteiger partial charge on any atom is 0.419 e. The third-order valence-electron chi connectivity index (χ3n) is 13.3. The Morgan fingerprint density at radius 1 is 0.556 bits per heavy atom. The second-order valence-electron chi connectivity index (χ2n) is 18.8. The number of hydrogen-bond donors (Lipinski definition) is 6. The van der Waals surface area contributed by atoms with Gasteiger partial charge in [0, 0.05) is 49.2 Å². The van der Waals surface area contributed by atoms with Gasteiger partial charge in [0.1, 0.15) is 28.6 Å². The third-order valence-corrected chi connectivity index (χ3v) is 13.3. The Balaban J connectivity index is 0.000000196. The summed E-state index contributed by atoms with van der Waals surface area (Å²) in [5.41, 5.74) is -1.15. The van der Waals surface area contributed by atoms with Gasteiger partial charge in [0.25, 0.3) is 23.6 Å². The van der Waals surface area contributed by atoms with Crippen molar-refractivity contribution in [1.29, 1.82) is 0 Å². The van der Waals surface area contributed by atoms with Crippen LogP contribution in [0.1, 0.15) is 133 Å². The molecule has 4 heterocycles. The molecule has 0 aliphatic heterocycles. The second-order valence-corrected chi connectivity index (χ2v) is 18.8. The van der Waals surface area contributed by atoms with Crippen molar-refractivity contribution < 1.29 is 78.5 Å². The molecule has 0 fully saturated rings. The van der Waals surface area contributed by atoms with E-state index in [0.29, 0.717) is 45.5 Å². The zero-order valence-electron chi connectivity index (χ0n) is 41.9. The number of fused-ring (bicyclic) bond motifs is 4. The number of rotatable bonds is 12. The summed E-state index contributed by atoms with van der Waals surface area (Å²) < 4.78 is 122. The number of halogens is 9. The largest absolute Gasteiger partial charge is 0.419 e. The molecule has 4 atom stereocenters. The number of aromatic nitrogens is 6. The lowest BCUT2D eigenvalue weighted by Crippen LogP contribution is -2.35. The van der Waals surface area contributed by atoms with Crippen molar-refractivity contribution in [2.45, 2.75) is 76.4 Å². The molecule has 2 aliphatic carbocycles. The molecule has 4 aromatic heterocycles. The summed E-state index contributed by atoms with van der Waals surface area (Å²) in [6.07, 6.45) is -9.61. The van der Waals surface area contributed by atoms with Gasteiger partial charge in [0.2, 0.25) is 0 Å². The Morgan fingerprint density at radius 3 is 1.44 bits per heavy atom. The molecule has 6 N–H and O–H groups in total. The third kappa shape index (κ3) is 11.8. The molecule has 4 aromatic carbocycles. The highest BCUT2D eigenvalue weighted by atomic mass is 19.4. The molecule has 0 bridgehead atoms. The Hall–Kier alpha value is -9.37. The van der Waals surface area contributed by atoms with Gasteiger partial charge >= 0.3 is 12.4 Å². The van der Waals surface area contributed by atoms with E-state index in [1.807, 2.05) is 0 Å². The van der Waals surface area contributed by atoms with Crippen LogP contribution in [0.25, 0.3) is 11.3 Å². The summed E-state index contributed by atoms with van der Waals surface area (Å²) in [6, 6.07) is 16.6. The number of nitrogens with one attached hydrogen (secondary N) is 4. The maximum absolute atomic E-state index is 14.4. The van der Waals surface area contributed by atoms with Crippen LogP contribution in [-0.4, -0.2) is 86.8 Å². The number of nitrogens with zero attached hydrogens (tertiary/aromatic N) is 6. The van der Waals surface area contributed by atoms with E-state index in [-0.39, 0.29) is 59.2 Å². The van der Waals surface area contributed by atoms with Crippen molar-refractivity contribution in [2.24, 2.45) is 0 Å². The number of Topliss-reactive ketones (excluding diaryl/α,β-unsaturated/α-hetero) is 2. The molecular weight excluding hydrogens is 1090 g/mol. The summed E-state index contributed by atoms with van der Waals surface area (Å²) in [4.78, 5) is 83.5. The number of carbonyl (C=O) groups excluding carboxylic acids is 6. The zero-order chi connectivity index (χ0) is 58.4. The monoisotopic (exact) mass is 1130 g/mol. The molecule has 0 radical (unpaired) electrons. The van der Waals surface area contributed by atoms with Crippen molar-refractivity contribution in [1.82, 2.24) is 50.5 Å². The normalized spacial score (nSPS) is 16.5. The predicted octanol–water partition coefficient (Wildman–Crippen LogP) is 6.95. The van der Waals surface area contributed by atoms with E-state index in [4.69, 9.17) is 0 Å². The number of alkyl halides is 6. The number of aliphatic hydroxyl groups excluding tert-OH is 2. The number of amides is 4. The first kappa shape index (κ1) is 56.4. The molecule has 10 rings (SSSR count). The summed E-state index contributed by atoms with van der Waals surface area (Å²) in [6.45, 7) is 2.08. The highest BCUT2D eigenvalue weighted by molar-refractivity contribution is 6.00. The molecule has 27 heteroatoms. The van der Waals surface area contributed by atoms with E-state index in [0.717, 1.165) is 51.8 Å². The smallest absolute Gasteiger partial charge is 0.390 e. The molecule has 81 heavy (non-hydrogen) atoms. The van der Waals surface area contributed by atoms with Crippen molar-refractivity contribution in [3.05, 3.63) is 199 Å². The standard InChI is InChI=1S/C27H20F5N5O4.C27H21F4N5O4/c1-12(38)14-3-4-16-15(7-14)8-22(39)23(16)36-26(41)21-9-20(35-24-19(29)11-34-37(21)24)25(40)33-10-13-2-5-18(28)17(6-13)27(30,31)32;1-13(37)15-5-6-18-16(8-15)9-22(38)23(18)35-26(40)21-10-20(34-24-19(28)12-33-36(21)24)25(39)32-11-14-3-2-4-17(7-14)27(29,30)31/h2-7,9,11,22-23,39H,8,10H2,1H3,(H,33,40)(H,36,41);2-8,10,12,22-23,38H,9,11H2,1H3,(H,32,39)(H,35,40)/t2*22-,23-/m11/s1. The zero-order valence-corrected chi connectivity index (χ0v) is 41.9. The molecule has 0 spiro atoms. The molecular formula is C54H41F9N10O8. The lowest BCUT2D eigenvalue weighted by atomic mass is 10.0. The first-order chi connectivity index (χ1) is 38.2. The Labute approximate surface area is 450 Å². The number of carbonyl (C=O) groups is 6. The summed E-state index contributed by atoms with van der Waals surface area (Å²) >= 11 is 0. The number of benzene rings is 4. The lowest BCUT2D eigenvalue weighted by molar-refractivity contribution is -0.140. The van der Waals surface area contributed by atoms with Crippen LogP contribution >= 0.6 is 0 Å². The van der Waals surface area contributed by atoms with Gasteiger partial charge in [-0.3, -0.25) is 28.8 Å². The Kier molecular flexibility index (Phi) is 15.3. The van der Waals surface area contributed by atoms with Crippen molar-refractivity contribution >= 4 is 46.5 Å². The fraction of sp³-hybridized carbons (Fsp3) is 0.222. The van der Waals surface area contributed by atoms with Crippen LogP contribution in [0.15, 0.2) is 103 Å². The molecule has 0 saturated carbocycles. The van der Waals surface area contributed by atoms with Crippen LogP contribution in [0, 0.1) is 17.5 Å². The van der Waals surface area contributed by atoms with Crippen LogP contribution in [-0.2, 0) is 38.3 Å². The van der Waals surface area contributed by atoms with Crippen molar-refractivity contribution in [2.75, 3.05) is 0 Å². The first-order valence-electron chi connectivity index (χ1n) is 24.2. The fourth-order valence-electron chi connectivity index (χ4n) is 9.22. The number of ketones is 2. The van der Waals surface area contributed by atoms with Gasteiger partial charge in [-0.15, -0.1) is 0 Å². The maximum atomic E-state index is 14.4. The highest BCUT2D eigenvalue weighted by Gasteiger charge is 2.37. The average molecular weight is 1130 g/mol. The van der Waals surface area contributed by atoms with Crippen LogP contribution in [0.2, 0.25) is 0 Å². The van der Waals surface area contributed by atoms with Gasteiger partial charge < -0.3 is 31.5 Å². The van der Waals surface area contributed by atoms with Crippen LogP contribution in [0.4, 0.5) is 39.5 Å². The summed E-state index contributed by atoms with van der Waals surface area (Å²) in [5, 5.41) is 38.9. The fourth-order valence-corrected chi connectivity index (χ4v) is 9.22. The minimum atomic E-state index is -4.94. The van der Waals surface area contributed by atoms with Crippen LogP contribution < -0.4 is 21.3 Å². The lowest BCUT2D eigenvalue weighted by Gasteiger charge is -2.18. The van der Waals surface area contributed by atoms with Gasteiger partial charge in [-0.1, -0.05) is 42.5 Å². The number of hydrogen-bond acceptors (Lipinski definition) is 12. The van der Waals surface area contributed by atoms with Gasteiger partial charge in [-0.2, -0.15) is 36.5 Å².